The molecule has 98 valence electrons. The number of hydrogen-bond donors (Lipinski definition) is 0. The van der Waals surface area contributed by atoms with Crippen LogP contribution in [-0.2, 0) is 6.42 Å². The zero-order chi connectivity index (χ0) is 13.1. The molecule has 0 saturated carbocycles. The molecule has 0 aromatic heterocycles. The summed E-state index contributed by atoms with van der Waals surface area (Å²) in [6.07, 6.45) is 14.2. The van der Waals surface area contributed by atoms with Gasteiger partial charge in [-0.15, -0.1) is 0 Å². The smallest absolute Gasteiger partial charge is 0.0244 e. The number of allylic oxidation sites excluding steroid dienone is 4. The first-order valence-corrected chi connectivity index (χ1v) is 7.26. The number of hydrogen-bond acceptors (Lipinski definition) is 0. The van der Waals surface area contributed by atoms with E-state index in [4.69, 9.17) is 0 Å². The number of benzene rings is 1. The Bertz CT molecular complexity index is 357. The predicted octanol–water partition coefficient (Wildman–Crippen LogP) is 5.70. The highest BCUT2D eigenvalue weighted by Gasteiger charge is 1.92. The first kappa shape index (κ1) is 14.8. The van der Waals surface area contributed by atoms with Gasteiger partial charge in [-0.1, -0.05) is 74.4 Å². The molecule has 0 unspecified atom stereocenters. The summed E-state index contributed by atoms with van der Waals surface area (Å²) in [6.45, 7) is 4.46. The van der Waals surface area contributed by atoms with Crippen molar-refractivity contribution in [2.75, 3.05) is 0 Å². The molecule has 0 heteroatoms. The van der Waals surface area contributed by atoms with E-state index in [1.54, 1.807) is 0 Å². The molecule has 0 nitrogen and oxygen atoms in total. The van der Waals surface area contributed by atoms with E-state index in [9.17, 15) is 0 Å². The summed E-state index contributed by atoms with van der Waals surface area (Å²) in [4.78, 5) is 0. The summed E-state index contributed by atoms with van der Waals surface area (Å²) in [5.41, 5.74) is 2.93. The molecule has 1 aromatic carbocycles. The highest BCUT2D eigenvalue weighted by molar-refractivity contribution is 5.20. The Morgan fingerprint density at radius 2 is 1.89 bits per heavy atom. The number of rotatable bonds is 8. The van der Waals surface area contributed by atoms with E-state index >= 15 is 0 Å². The number of aryl methyl sites for hydroxylation is 1. The Kier molecular flexibility index (Phi) is 7.96. The van der Waals surface area contributed by atoms with Gasteiger partial charge in [0.1, 0.15) is 0 Å². The van der Waals surface area contributed by atoms with Gasteiger partial charge in [0.25, 0.3) is 0 Å². The predicted molar refractivity (Wildman–Crippen MR) is 81.8 cm³/mol. The van der Waals surface area contributed by atoms with Gasteiger partial charge in [0, 0.05) is 0 Å². The normalized spacial score (nSPS) is 12.2. The summed E-state index contributed by atoms with van der Waals surface area (Å²) < 4.78 is 0. The molecule has 0 amide bonds. The zero-order valence-corrected chi connectivity index (χ0v) is 11.9. The quantitative estimate of drug-likeness (QED) is 0.513. The molecule has 0 aliphatic carbocycles. The van der Waals surface area contributed by atoms with Crippen LogP contribution in [-0.4, -0.2) is 0 Å². The second-order valence-electron chi connectivity index (χ2n) is 4.72. The van der Waals surface area contributed by atoms with Gasteiger partial charge in [0.05, 0.1) is 0 Å². The standard InChI is InChI=1S/C18H26/c1-3-5-12-17(11-4-2)15-9-10-16-18-13-7-6-8-14-18/h6-9,11,13-15H,3-5,10,12,16H2,1-2H3/b15-9+,17-11+. The fourth-order valence-electron chi connectivity index (χ4n) is 2.03. The third-order valence-electron chi connectivity index (χ3n) is 3.06. The van der Waals surface area contributed by atoms with Crippen LogP contribution < -0.4 is 0 Å². The molecule has 0 aliphatic rings. The van der Waals surface area contributed by atoms with E-state index in [-0.39, 0.29) is 0 Å². The largest absolute Gasteiger partial charge is 0.0839 e. The van der Waals surface area contributed by atoms with Crippen molar-refractivity contribution in [2.24, 2.45) is 0 Å². The Morgan fingerprint density at radius 3 is 2.56 bits per heavy atom. The molecule has 0 spiro atoms. The van der Waals surface area contributed by atoms with Crippen molar-refractivity contribution in [1.82, 2.24) is 0 Å². The monoisotopic (exact) mass is 242 g/mol. The van der Waals surface area contributed by atoms with Gasteiger partial charge in [-0.2, -0.15) is 0 Å². The van der Waals surface area contributed by atoms with E-state index < -0.39 is 0 Å². The maximum atomic E-state index is 2.36. The van der Waals surface area contributed by atoms with Crippen LogP contribution in [0.2, 0.25) is 0 Å². The topological polar surface area (TPSA) is 0 Å². The van der Waals surface area contributed by atoms with E-state index in [0.29, 0.717) is 0 Å². The molecule has 0 heterocycles. The second-order valence-corrected chi connectivity index (χ2v) is 4.72. The molecule has 0 aliphatic heterocycles. The highest BCUT2D eigenvalue weighted by atomic mass is 14.0. The lowest BCUT2D eigenvalue weighted by Gasteiger charge is -2.01. The van der Waals surface area contributed by atoms with Crippen LogP contribution in [0.3, 0.4) is 0 Å². The van der Waals surface area contributed by atoms with E-state index in [1.807, 2.05) is 0 Å². The van der Waals surface area contributed by atoms with Gasteiger partial charge in [-0.3, -0.25) is 0 Å². The Balaban J connectivity index is 2.35. The maximum Gasteiger partial charge on any atom is -0.0244 e. The van der Waals surface area contributed by atoms with Crippen LogP contribution in [0.15, 0.2) is 54.1 Å². The fourth-order valence-corrected chi connectivity index (χ4v) is 2.03. The highest BCUT2D eigenvalue weighted by Crippen LogP contribution is 2.11. The Labute approximate surface area is 112 Å². The van der Waals surface area contributed by atoms with Crippen LogP contribution in [0.4, 0.5) is 0 Å². The van der Waals surface area contributed by atoms with Crippen LogP contribution in [0.5, 0.6) is 0 Å². The van der Waals surface area contributed by atoms with Gasteiger partial charge < -0.3 is 0 Å². The van der Waals surface area contributed by atoms with Crippen LogP contribution in [0, 0.1) is 0 Å². The van der Waals surface area contributed by atoms with Gasteiger partial charge in [0.15, 0.2) is 0 Å². The molecule has 0 N–H and O–H groups in total. The van der Waals surface area contributed by atoms with Crippen LogP contribution in [0.25, 0.3) is 0 Å². The third kappa shape index (κ3) is 6.44. The first-order chi connectivity index (χ1) is 8.86. The molecule has 0 bridgehead atoms. The maximum absolute atomic E-state index is 2.36. The minimum absolute atomic E-state index is 1.14. The molecular weight excluding hydrogens is 216 g/mol. The lowest BCUT2D eigenvalue weighted by atomic mass is 10.1. The Morgan fingerprint density at radius 1 is 1.11 bits per heavy atom. The SMILES string of the molecule is CC/C=C(/C=C/CCc1ccccc1)CCCC. The van der Waals surface area contributed by atoms with Crippen molar-refractivity contribution in [2.45, 2.75) is 52.4 Å². The minimum Gasteiger partial charge on any atom is -0.0839 e. The molecule has 1 aromatic rings. The summed E-state index contributed by atoms with van der Waals surface area (Å²) >= 11 is 0. The summed E-state index contributed by atoms with van der Waals surface area (Å²) in [5, 5.41) is 0. The first-order valence-electron chi connectivity index (χ1n) is 7.26. The lowest BCUT2D eigenvalue weighted by Crippen LogP contribution is -1.83. The van der Waals surface area contributed by atoms with Gasteiger partial charge in [-0.05, 0) is 37.7 Å². The van der Waals surface area contributed by atoms with E-state index in [0.717, 1.165) is 19.3 Å². The summed E-state index contributed by atoms with van der Waals surface area (Å²) in [5.74, 6) is 0. The minimum atomic E-state index is 1.14. The van der Waals surface area contributed by atoms with Gasteiger partial charge in [0.2, 0.25) is 0 Å². The third-order valence-corrected chi connectivity index (χ3v) is 3.06. The second kappa shape index (κ2) is 9.70. The van der Waals surface area contributed by atoms with Crippen molar-refractivity contribution >= 4 is 0 Å². The fraction of sp³-hybridized carbons (Fsp3) is 0.444. The average molecular weight is 242 g/mol. The van der Waals surface area contributed by atoms with Crippen LogP contribution >= 0.6 is 0 Å². The van der Waals surface area contributed by atoms with Gasteiger partial charge >= 0.3 is 0 Å². The van der Waals surface area contributed by atoms with E-state index in [1.165, 1.54) is 30.4 Å². The number of unbranched alkanes of at least 4 members (excludes halogenated alkanes) is 1. The van der Waals surface area contributed by atoms with Crippen molar-refractivity contribution < 1.29 is 0 Å². The molecule has 0 radical (unpaired) electrons. The molecule has 1 rings (SSSR count). The van der Waals surface area contributed by atoms with E-state index in [2.05, 4.69) is 62.4 Å². The van der Waals surface area contributed by atoms with Crippen molar-refractivity contribution in [1.29, 1.82) is 0 Å². The zero-order valence-electron chi connectivity index (χ0n) is 11.9. The van der Waals surface area contributed by atoms with Crippen molar-refractivity contribution in [3.63, 3.8) is 0 Å². The molecule has 18 heavy (non-hydrogen) atoms. The van der Waals surface area contributed by atoms with Crippen molar-refractivity contribution in [3.05, 3.63) is 59.7 Å². The van der Waals surface area contributed by atoms with Crippen molar-refractivity contribution in [3.8, 4) is 0 Å². The molecule has 0 fully saturated rings. The lowest BCUT2D eigenvalue weighted by molar-refractivity contribution is 0.794. The molecule has 0 saturated heterocycles. The Hall–Kier alpha value is -1.30. The van der Waals surface area contributed by atoms with Gasteiger partial charge in [-0.25, -0.2) is 0 Å². The van der Waals surface area contributed by atoms with Crippen LogP contribution in [0.1, 0.15) is 51.5 Å². The summed E-state index contributed by atoms with van der Waals surface area (Å²) in [6, 6.07) is 10.7. The summed E-state index contributed by atoms with van der Waals surface area (Å²) in [7, 11) is 0. The average Bonchev–Trinajstić information content (AvgIpc) is 2.42. The molecule has 0 atom stereocenters. The molecular formula is C18H26.